The molecule has 3 heterocycles. The number of nitro benzene ring substituents is 1. The molecule has 0 bridgehead atoms. The van der Waals surface area contributed by atoms with Gasteiger partial charge >= 0.3 is 0 Å². The smallest absolute Gasteiger partial charge is 0.296 e. The average Bonchev–Trinajstić information content (AvgIpc) is 3.48. The summed E-state index contributed by atoms with van der Waals surface area (Å²) < 4.78 is 7.16. The number of ether oxygens (including phenoxy) is 1. The fraction of sp³-hybridized carbons (Fsp3) is 0.281. The van der Waals surface area contributed by atoms with Crippen LogP contribution < -0.4 is 20.3 Å². The van der Waals surface area contributed by atoms with Crippen molar-refractivity contribution in [3.8, 4) is 11.4 Å². The minimum atomic E-state index is -0.395. The number of hydrogen-bond donors (Lipinski definition) is 2. The largest absolute Gasteiger partial charge is 0.496 e. The molecule has 1 amide bonds. The second kappa shape index (κ2) is 11.8. The van der Waals surface area contributed by atoms with Crippen LogP contribution in [-0.4, -0.2) is 32.6 Å². The number of amides is 1. The molecule has 1 fully saturated rings. The number of aryl methyl sites for hydroxylation is 2. The van der Waals surface area contributed by atoms with Gasteiger partial charge in [0.25, 0.3) is 5.69 Å². The zero-order valence-electron chi connectivity index (χ0n) is 24.9. The van der Waals surface area contributed by atoms with Gasteiger partial charge in [0, 0.05) is 34.9 Å². The van der Waals surface area contributed by atoms with Gasteiger partial charge in [-0.3, -0.25) is 19.9 Å². The minimum absolute atomic E-state index is 0.0534. The molecule has 4 aromatic rings. The van der Waals surface area contributed by atoms with Crippen molar-refractivity contribution in [1.29, 1.82) is 0 Å². The SMILES string of the molecule is COc1ccc(-n2c(C)cc([C@@H]3[C@H](c4ccccn4)NC(=S)N3c3ccc(NC(=O)C(C)C)c(C)c3)c2C)c([N+](=O)[O-])c1. The van der Waals surface area contributed by atoms with Crippen molar-refractivity contribution in [3.05, 3.63) is 105 Å². The van der Waals surface area contributed by atoms with Crippen molar-refractivity contribution in [2.45, 2.75) is 46.7 Å². The lowest BCUT2D eigenvalue weighted by atomic mass is 9.96. The summed E-state index contributed by atoms with van der Waals surface area (Å²) in [6, 6.07) is 17.9. The van der Waals surface area contributed by atoms with Crippen LogP contribution >= 0.6 is 12.2 Å². The number of nitrogens with zero attached hydrogens (tertiary/aromatic N) is 4. The van der Waals surface area contributed by atoms with Crippen LogP contribution in [0.3, 0.4) is 0 Å². The van der Waals surface area contributed by atoms with Crippen LogP contribution in [-0.2, 0) is 4.79 Å². The molecule has 10 nitrogen and oxygen atoms in total. The number of rotatable bonds is 8. The average molecular weight is 599 g/mol. The Morgan fingerprint density at radius 2 is 1.88 bits per heavy atom. The van der Waals surface area contributed by atoms with E-state index in [1.807, 2.05) is 75.6 Å². The molecule has 11 heteroatoms. The van der Waals surface area contributed by atoms with E-state index >= 15 is 0 Å². The molecule has 222 valence electrons. The summed E-state index contributed by atoms with van der Waals surface area (Å²) in [4.78, 5) is 30.8. The maximum Gasteiger partial charge on any atom is 0.296 e. The highest BCUT2D eigenvalue weighted by Gasteiger charge is 2.42. The first-order valence-corrected chi connectivity index (χ1v) is 14.4. The van der Waals surface area contributed by atoms with E-state index in [2.05, 4.69) is 26.6 Å². The van der Waals surface area contributed by atoms with E-state index in [9.17, 15) is 14.9 Å². The van der Waals surface area contributed by atoms with Gasteiger partial charge < -0.3 is 24.8 Å². The first-order valence-electron chi connectivity index (χ1n) is 14.0. The van der Waals surface area contributed by atoms with Gasteiger partial charge in [-0.05, 0) is 92.6 Å². The van der Waals surface area contributed by atoms with Crippen LogP contribution in [0.25, 0.3) is 5.69 Å². The number of methoxy groups -OCH3 is 1. The fourth-order valence-electron chi connectivity index (χ4n) is 5.59. The number of hydrogen-bond acceptors (Lipinski definition) is 6. The highest BCUT2D eigenvalue weighted by atomic mass is 32.1. The number of nitro groups is 1. The molecule has 0 aliphatic carbocycles. The van der Waals surface area contributed by atoms with Crippen LogP contribution in [0.2, 0.25) is 0 Å². The number of anilines is 2. The third-order valence-electron chi connectivity index (χ3n) is 7.78. The summed E-state index contributed by atoms with van der Waals surface area (Å²) in [6.45, 7) is 9.55. The summed E-state index contributed by atoms with van der Waals surface area (Å²) in [6.07, 6.45) is 1.75. The molecule has 1 saturated heterocycles. The predicted molar refractivity (Wildman–Crippen MR) is 171 cm³/mol. The molecule has 2 atom stereocenters. The van der Waals surface area contributed by atoms with Crippen molar-refractivity contribution in [1.82, 2.24) is 14.9 Å². The highest BCUT2D eigenvalue weighted by Crippen LogP contribution is 2.45. The van der Waals surface area contributed by atoms with E-state index in [1.54, 1.807) is 18.3 Å². The van der Waals surface area contributed by atoms with E-state index in [4.69, 9.17) is 17.0 Å². The first kappa shape index (κ1) is 29.7. The summed E-state index contributed by atoms with van der Waals surface area (Å²) in [5.74, 6) is 0.213. The van der Waals surface area contributed by atoms with Gasteiger partial charge in [-0.25, -0.2) is 0 Å². The second-order valence-corrected chi connectivity index (χ2v) is 11.3. The van der Waals surface area contributed by atoms with Gasteiger partial charge in [0.1, 0.15) is 11.4 Å². The topological polar surface area (TPSA) is 115 Å². The van der Waals surface area contributed by atoms with Gasteiger partial charge in [0.2, 0.25) is 5.91 Å². The molecule has 0 unspecified atom stereocenters. The lowest BCUT2D eigenvalue weighted by molar-refractivity contribution is -0.384. The molecule has 2 aromatic carbocycles. The van der Waals surface area contributed by atoms with Crippen LogP contribution in [0.1, 0.15) is 54.1 Å². The number of aromatic nitrogens is 2. The summed E-state index contributed by atoms with van der Waals surface area (Å²) in [5.41, 5.74) is 6.31. The Labute approximate surface area is 255 Å². The molecular formula is C32H34N6O4S. The third kappa shape index (κ3) is 5.55. The van der Waals surface area contributed by atoms with Crippen LogP contribution in [0.5, 0.6) is 5.75 Å². The lowest BCUT2D eigenvalue weighted by Crippen LogP contribution is -2.29. The van der Waals surface area contributed by atoms with Crippen LogP contribution in [0.4, 0.5) is 17.1 Å². The maximum atomic E-state index is 12.4. The Bertz CT molecular complexity index is 1720. The Balaban J connectivity index is 1.65. The quantitative estimate of drug-likeness (QED) is 0.134. The molecule has 0 spiro atoms. The number of nitrogens with one attached hydrogen (secondary N) is 2. The zero-order valence-corrected chi connectivity index (χ0v) is 25.7. The number of carbonyl (C=O) groups excluding carboxylic acids is 1. The van der Waals surface area contributed by atoms with Gasteiger partial charge in [0.05, 0.1) is 35.9 Å². The minimum Gasteiger partial charge on any atom is -0.496 e. The molecule has 2 aromatic heterocycles. The van der Waals surface area contributed by atoms with Crippen LogP contribution in [0.15, 0.2) is 66.9 Å². The molecule has 0 saturated carbocycles. The van der Waals surface area contributed by atoms with Crippen molar-refractivity contribution < 1.29 is 14.5 Å². The monoisotopic (exact) mass is 598 g/mol. The molecule has 2 N–H and O–H groups in total. The van der Waals surface area contributed by atoms with E-state index in [1.165, 1.54) is 13.2 Å². The molecular weight excluding hydrogens is 564 g/mol. The van der Waals surface area contributed by atoms with Gasteiger partial charge in [-0.15, -0.1) is 0 Å². The molecule has 1 aliphatic rings. The Morgan fingerprint density at radius 1 is 1.12 bits per heavy atom. The summed E-state index contributed by atoms with van der Waals surface area (Å²) in [5, 5.41) is 19.1. The predicted octanol–water partition coefficient (Wildman–Crippen LogP) is 6.49. The highest BCUT2D eigenvalue weighted by molar-refractivity contribution is 7.80. The number of benzene rings is 2. The summed E-state index contributed by atoms with van der Waals surface area (Å²) >= 11 is 5.92. The Morgan fingerprint density at radius 3 is 2.51 bits per heavy atom. The molecule has 0 radical (unpaired) electrons. The number of carbonyl (C=O) groups is 1. The van der Waals surface area contributed by atoms with E-state index in [0.717, 1.165) is 39.6 Å². The first-order chi connectivity index (χ1) is 20.5. The lowest BCUT2D eigenvalue weighted by Gasteiger charge is -2.29. The van der Waals surface area contributed by atoms with E-state index in [-0.39, 0.29) is 29.6 Å². The van der Waals surface area contributed by atoms with Crippen LogP contribution in [0, 0.1) is 36.8 Å². The molecule has 1 aliphatic heterocycles. The Hall–Kier alpha value is -4.77. The van der Waals surface area contributed by atoms with Gasteiger partial charge in [-0.1, -0.05) is 19.9 Å². The second-order valence-electron chi connectivity index (χ2n) is 10.9. The maximum absolute atomic E-state index is 12.4. The van der Waals surface area contributed by atoms with Crippen molar-refractivity contribution in [2.24, 2.45) is 5.92 Å². The fourth-order valence-corrected chi connectivity index (χ4v) is 5.93. The molecule has 43 heavy (non-hydrogen) atoms. The van der Waals surface area contributed by atoms with E-state index < -0.39 is 4.92 Å². The normalized spacial score (nSPS) is 16.3. The van der Waals surface area contributed by atoms with Gasteiger partial charge in [-0.2, -0.15) is 0 Å². The Kier molecular flexibility index (Phi) is 8.19. The standard InChI is InChI=1S/C32H34N6O4S/c1-18(2)31(39)34-25-12-10-22(15-19(25)3)37-30(29(35-32(37)43)26-9-7-8-14-33-26)24-16-20(4)36(21(24)5)27-13-11-23(42-6)17-28(27)38(40)41/h7-18,29-30H,1-6H3,(H,34,39)(H,35,43)/t29-,30+/m0/s1. The summed E-state index contributed by atoms with van der Waals surface area (Å²) in [7, 11) is 1.48. The van der Waals surface area contributed by atoms with E-state index in [0.29, 0.717) is 16.5 Å². The number of pyridine rings is 1. The van der Waals surface area contributed by atoms with Crippen molar-refractivity contribution in [2.75, 3.05) is 17.3 Å². The third-order valence-corrected chi connectivity index (χ3v) is 8.09. The van der Waals surface area contributed by atoms with Gasteiger partial charge in [0.15, 0.2) is 5.11 Å². The van der Waals surface area contributed by atoms with Crippen molar-refractivity contribution >= 4 is 40.3 Å². The van der Waals surface area contributed by atoms with Crippen molar-refractivity contribution in [3.63, 3.8) is 0 Å². The zero-order chi connectivity index (χ0) is 31.0. The molecule has 5 rings (SSSR count). The number of thiocarbonyl (C=S) groups is 1.